The van der Waals surface area contributed by atoms with Gasteiger partial charge in [0.25, 0.3) is 5.91 Å². The van der Waals surface area contributed by atoms with Gasteiger partial charge < -0.3 is 16.4 Å². The van der Waals surface area contributed by atoms with Crippen LogP contribution in [0.15, 0.2) is 0 Å². The van der Waals surface area contributed by atoms with Gasteiger partial charge in [0.15, 0.2) is 0 Å². The van der Waals surface area contributed by atoms with Crippen LogP contribution in [0.1, 0.15) is 47.0 Å². The van der Waals surface area contributed by atoms with E-state index in [4.69, 9.17) is 5.73 Å². The predicted octanol–water partition coefficient (Wildman–Crippen LogP) is 0.559. The van der Waals surface area contributed by atoms with Crippen LogP contribution in [0.3, 0.4) is 0 Å². The van der Waals surface area contributed by atoms with Crippen LogP contribution < -0.4 is 16.4 Å². The number of nitrogens with two attached hydrogens (primary N) is 1. The fourth-order valence-electron chi connectivity index (χ4n) is 4.15. The third-order valence-electron chi connectivity index (χ3n) is 6.05. The van der Waals surface area contributed by atoms with Crippen LogP contribution in [0, 0.1) is 0 Å². The number of primary amides is 1. The Morgan fingerprint density at radius 1 is 1.17 bits per heavy atom. The van der Waals surface area contributed by atoms with Crippen molar-refractivity contribution in [2.75, 3.05) is 38.0 Å². The Kier molecular flexibility index (Phi) is 5.89. The quantitative estimate of drug-likeness (QED) is 0.599. The van der Waals surface area contributed by atoms with Gasteiger partial charge in [-0.05, 0) is 44.6 Å². The first-order valence-corrected chi connectivity index (χ1v) is 11.2. The molecule has 2 fully saturated rings. The maximum Gasteiger partial charge on any atom is 0.251 e. The number of carbonyl (C=O) groups excluding carboxylic acids is 3. The van der Waals surface area contributed by atoms with E-state index in [0.29, 0.717) is 23.2 Å². The number of rotatable bonds is 7. The number of aryl methyl sites for hydroxylation is 1. The summed E-state index contributed by atoms with van der Waals surface area (Å²) in [7, 11) is 0. The van der Waals surface area contributed by atoms with Crippen LogP contribution in [0.25, 0.3) is 0 Å². The summed E-state index contributed by atoms with van der Waals surface area (Å²) >= 11 is 1.48. The van der Waals surface area contributed by atoms with E-state index in [9.17, 15) is 14.4 Å². The van der Waals surface area contributed by atoms with Crippen LogP contribution >= 0.6 is 11.3 Å². The Balaban J connectivity index is 1.30. The molecule has 3 aliphatic rings. The van der Waals surface area contributed by atoms with Crippen molar-refractivity contribution in [3.05, 3.63) is 16.0 Å². The van der Waals surface area contributed by atoms with E-state index in [1.165, 1.54) is 16.2 Å². The molecular formula is C20H29N5O3S. The highest BCUT2D eigenvalue weighted by molar-refractivity contribution is 7.17. The Bertz CT molecular complexity index is 811. The van der Waals surface area contributed by atoms with Crippen molar-refractivity contribution >= 4 is 34.1 Å². The van der Waals surface area contributed by atoms with Crippen molar-refractivity contribution in [2.24, 2.45) is 5.73 Å². The molecule has 1 saturated heterocycles. The summed E-state index contributed by atoms with van der Waals surface area (Å²) in [4.78, 5) is 42.1. The average Bonchev–Trinajstić information content (AvgIpc) is 3.25. The van der Waals surface area contributed by atoms with Crippen LogP contribution in [0.4, 0.5) is 5.00 Å². The van der Waals surface area contributed by atoms with Crippen molar-refractivity contribution in [1.29, 1.82) is 0 Å². The first-order valence-electron chi connectivity index (χ1n) is 10.4. The molecule has 2 aliphatic carbocycles. The maximum atomic E-state index is 12.8. The lowest BCUT2D eigenvalue weighted by atomic mass is 10.1. The monoisotopic (exact) mass is 419 g/mol. The van der Waals surface area contributed by atoms with Gasteiger partial charge >= 0.3 is 0 Å². The molecule has 0 radical (unpaired) electrons. The summed E-state index contributed by atoms with van der Waals surface area (Å²) < 4.78 is 0. The SMILES string of the molecule is CC(C(=O)Nc1sc2c(c1C(N)=O)CCC2)N1CCN(CC(=O)NC2CC2)CC1. The summed E-state index contributed by atoms with van der Waals surface area (Å²) in [6.07, 6.45) is 5.02. The fraction of sp³-hybridized carbons (Fsp3) is 0.650. The second-order valence-electron chi connectivity index (χ2n) is 8.24. The Morgan fingerprint density at radius 3 is 2.55 bits per heavy atom. The number of fused-ring (bicyclic) bond motifs is 1. The van der Waals surface area contributed by atoms with Crippen molar-refractivity contribution in [3.63, 3.8) is 0 Å². The number of thiophene rings is 1. The van der Waals surface area contributed by atoms with Crippen molar-refractivity contribution < 1.29 is 14.4 Å². The number of anilines is 1. The largest absolute Gasteiger partial charge is 0.365 e. The number of piperazine rings is 1. The molecule has 1 aromatic heterocycles. The van der Waals surface area contributed by atoms with Gasteiger partial charge in [-0.15, -0.1) is 11.3 Å². The van der Waals surface area contributed by atoms with Gasteiger partial charge in [0.1, 0.15) is 5.00 Å². The van der Waals surface area contributed by atoms with E-state index < -0.39 is 5.91 Å². The van der Waals surface area contributed by atoms with Crippen LogP contribution in [0.2, 0.25) is 0 Å². The molecule has 9 heteroatoms. The average molecular weight is 420 g/mol. The van der Waals surface area contributed by atoms with Gasteiger partial charge in [0, 0.05) is 37.1 Å². The molecule has 0 spiro atoms. The summed E-state index contributed by atoms with van der Waals surface area (Å²) in [5.74, 6) is -0.491. The van der Waals surface area contributed by atoms with Gasteiger partial charge in [-0.1, -0.05) is 0 Å². The molecular weight excluding hydrogens is 390 g/mol. The standard InChI is InChI=1S/C20H29N5O3S/c1-12(25-9-7-24(8-10-25)11-16(26)22-13-5-6-13)19(28)23-20-17(18(21)27)14-3-2-4-15(14)29-20/h12-13H,2-11H2,1H3,(H2,21,27)(H,22,26)(H,23,28). The second kappa shape index (κ2) is 8.41. The lowest BCUT2D eigenvalue weighted by molar-refractivity contribution is -0.124. The molecule has 1 saturated carbocycles. The normalized spacial score (nSPS) is 20.9. The number of carbonyl (C=O) groups is 3. The molecule has 4 rings (SSSR count). The molecule has 8 nitrogen and oxygen atoms in total. The number of nitrogens with zero attached hydrogens (tertiary/aromatic N) is 2. The number of hydrogen-bond donors (Lipinski definition) is 3. The Labute approximate surface area is 174 Å². The van der Waals surface area contributed by atoms with E-state index in [1.54, 1.807) is 0 Å². The fourth-order valence-corrected chi connectivity index (χ4v) is 5.45. The minimum absolute atomic E-state index is 0.0940. The zero-order valence-corrected chi connectivity index (χ0v) is 17.6. The third-order valence-corrected chi connectivity index (χ3v) is 7.26. The lowest BCUT2D eigenvalue weighted by Gasteiger charge is -2.37. The molecule has 29 heavy (non-hydrogen) atoms. The maximum absolute atomic E-state index is 12.8. The second-order valence-corrected chi connectivity index (χ2v) is 9.35. The summed E-state index contributed by atoms with van der Waals surface area (Å²) in [6.45, 7) is 5.29. The molecule has 0 aromatic carbocycles. The Morgan fingerprint density at radius 2 is 1.90 bits per heavy atom. The van der Waals surface area contributed by atoms with E-state index in [1.807, 2.05) is 6.92 Å². The van der Waals surface area contributed by atoms with Gasteiger partial charge in [0.2, 0.25) is 11.8 Å². The van der Waals surface area contributed by atoms with Gasteiger partial charge in [-0.25, -0.2) is 0 Å². The summed E-state index contributed by atoms with van der Waals surface area (Å²) in [6, 6.07) is 0.0755. The highest BCUT2D eigenvalue weighted by Gasteiger charge is 2.30. The van der Waals surface area contributed by atoms with Crippen LogP contribution in [-0.4, -0.2) is 72.3 Å². The first-order chi connectivity index (χ1) is 13.9. The van der Waals surface area contributed by atoms with Crippen LogP contribution in [0.5, 0.6) is 0 Å². The molecule has 1 atom stereocenters. The molecule has 2 heterocycles. The summed E-state index contributed by atoms with van der Waals surface area (Å²) in [5.41, 5.74) is 7.10. The van der Waals surface area contributed by atoms with Gasteiger partial charge in [0.05, 0.1) is 18.2 Å². The van der Waals surface area contributed by atoms with E-state index in [-0.39, 0.29) is 17.9 Å². The zero-order valence-electron chi connectivity index (χ0n) is 16.8. The van der Waals surface area contributed by atoms with Crippen molar-refractivity contribution in [1.82, 2.24) is 15.1 Å². The van der Waals surface area contributed by atoms with Crippen molar-refractivity contribution in [2.45, 2.75) is 51.1 Å². The number of amides is 3. The minimum atomic E-state index is -0.467. The van der Waals surface area contributed by atoms with Crippen molar-refractivity contribution in [3.8, 4) is 0 Å². The highest BCUT2D eigenvalue weighted by Crippen LogP contribution is 2.38. The molecule has 3 amide bonds. The van der Waals surface area contributed by atoms with E-state index >= 15 is 0 Å². The molecule has 0 bridgehead atoms. The van der Waals surface area contributed by atoms with Gasteiger partial charge in [-0.2, -0.15) is 0 Å². The van der Waals surface area contributed by atoms with Crippen LogP contribution in [-0.2, 0) is 22.4 Å². The number of nitrogens with one attached hydrogen (secondary N) is 2. The molecule has 4 N–H and O–H groups in total. The molecule has 158 valence electrons. The Hall–Kier alpha value is -1.97. The van der Waals surface area contributed by atoms with E-state index in [2.05, 4.69) is 20.4 Å². The lowest BCUT2D eigenvalue weighted by Crippen LogP contribution is -2.54. The molecule has 1 aliphatic heterocycles. The predicted molar refractivity (Wildman–Crippen MR) is 112 cm³/mol. The molecule has 1 aromatic rings. The smallest absolute Gasteiger partial charge is 0.251 e. The van der Waals surface area contributed by atoms with E-state index in [0.717, 1.165) is 63.8 Å². The zero-order chi connectivity index (χ0) is 20.5. The topological polar surface area (TPSA) is 108 Å². The van der Waals surface area contributed by atoms with Gasteiger partial charge in [-0.3, -0.25) is 24.2 Å². The minimum Gasteiger partial charge on any atom is -0.365 e. The highest BCUT2D eigenvalue weighted by atomic mass is 32.1. The first kappa shape index (κ1) is 20.3. The summed E-state index contributed by atoms with van der Waals surface area (Å²) in [5, 5.41) is 6.56. The third kappa shape index (κ3) is 4.62. The number of hydrogen-bond acceptors (Lipinski definition) is 6. The molecule has 1 unspecified atom stereocenters.